The van der Waals surface area contributed by atoms with E-state index in [0.717, 1.165) is 50.3 Å². The Morgan fingerprint density at radius 3 is 2.81 bits per heavy atom. The minimum absolute atomic E-state index is 0.514. The summed E-state index contributed by atoms with van der Waals surface area (Å²) in [6, 6.07) is 12.0. The molecule has 8 heteroatoms. The van der Waals surface area contributed by atoms with Crippen molar-refractivity contribution in [2.45, 2.75) is 13.3 Å². The predicted octanol–water partition coefficient (Wildman–Crippen LogP) is 5.67. The monoisotopic (exact) mass is 537 g/mol. The van der Waals surface area contributed by atoms with Gasteiger partial charge in [0.2, 0.25) is 0 Å². The highest BCUT2D eigenvalue weighted by molar-refractivity contribution is 14.2. The summed E-state index contributed by atoms with van der Waals surface area (Å²) in [5.74, 6) is 0. The van der Waals surface area contributed by atoms with Gasteiger partial charge in [-0.15, -0.1) is 0 Å². The van der Waals surface area contributed by atoms with Crippen LogP contribution in [0.4, 0.5) is 0 Å². The third-order valence-corrected chi connectivity index (χ3v) is 6.31. The van der Waals surface area contributed by atoms with Gasteiger partial charge < -0.3 is 0 Å². The topological polar surface area (TPSA) is 56.5 Å². The van der Waals surface area contributed by atoms with Gasteiger partial charge in [-0.2, -0.15) is 5.10 Å². The molecule has 0 aliphatic carbocycles. The Morgan fingerprint density at radius 1 is 1.12 bits per heavy atom. The summed E-state index contributed by atoms with van der Waals surface area (Å²) in [5.41, 5.74) is 6.37. The van der Waals surface area contributed by atoms with E-state index in [1.54, 1.807) is 6.20 Å². The summed E-state index contributed by atoms with van der Waals surface area (Å²) in [5, 5.41) is 4.74. The number of hydrogen-bond donors (Lipinski definition) is 0. The summed E-state index contributed by atoms with van der Waals surface area (Å²) >= 11 is 5.79. The number of pyridine rings is 3. The molecule has 5 nitrogen and oxygen atoms in total. The van der Waals surface area contributed by atoms with Crippen LogP contribution in [0.1, 0.15) is 12.6 Å². The molecule has 0 radical (unpaired) electrons. The Balaban J connectivity index is 1.89. The third-order valence-electron chi connectivity index (χ3n) is 3.99. The fourth-order valence-electron chi connectivity index (χ4n) is 2.73. The molecule has 1 unspecified atom stereocenters. The minimum Gasteiger partial charge on any atom is -0.253 e. The first-order valence-corrected chi connectivity index (χ1v) is 12.9. The van der Waals surface area contributed by atoms with Gasteiger partial charge in [-0.1, -0.05) is 13.0 Å². The molecule has 0 fully saturated rings. The van der Waals surface area contributed by atoms with E-state index in [1.165, 1.54) is 0 Å². The lowest BCUT2D eigenvalue weighted by Crippen LogP contribution is -1.93. The lowest BCUT2D eigenvalue weighted by Gasteiger charge is -2.05. The molecule has 4 aromatic rings. The molecule has 0 aromatic carbocycles. The number of halogens is 2. The molecule has 0 bridgehead atoms. The van der Waals surface area contributed by atoms with Crippen molar-refractivity contribution in [2.24, 2.45) is 0 Å². The Hall–Kier alpha value is -1.44. The Kier molecular flexibility index (Phi) is 5.29. The molecule has 0 amide bonds. The second-order valence-electron chi connectivity index (χ2n) is 5.68. The van der Waals surface area contributed by atoms with Gasteiger partial charge in [-0.05, 0) is 74.7 Å². The van der Waals surface area contributed by atoms with Crippen molar-refractivity contribution >= 4 is 55.4 Å². The largest absolute Gasteiger partial charge is 0.253 e. The van der Waals surface area contributed by atoms with Crippen LogP contribution in [0.3, 0.4) is 0 Å². The molecule has 0 aliphatic rings. The van der Waals surface area contributed by atoms with Crippen molar-refractivity contribution in [1.29, 1.82) is 0 Å². The van der Waals surface area contributed by atoms with E-state index in [4.69, 9.17) is 15.1 Å². The van der Waals surface area contributed by atoms with Gasteiger partial charge >= 0.3 is 0 Å². The first-order valence-electron chi connectivity index (χ1n) is 8.03. The lowest BCUT2D eigenvalue weighted by atomic mass is 10.1. The molecule has 4 heterocycles. The maximum atomic E-state index is 4.81. The standard InChI is InChI=1S/C18H14BrIN5P/c1-2-12-4-3-5-16(22-12)18-13(10-25(24-18)26-20)14-6-7-15-17(23-14)8-11(19)9-21-15/h3-10,26H,2H2,1H3. The van der Waals surface area contributed by atoms with Gasteiger partial charge in [0.15, 0.2) is 0 Å². The second kappa shape index (κ2) is 7.66. The lowest BCUT2D eigenvalue weighted by molar-refractivity contribution is 0.996. The number of nitrogens with zero attached hydrogens (tertiary/aromatic N) is 5. The highest BCUT2D eigenvalue weighted by atomic mass is 127. The van der Waals surface area contributed by atoms with E-state index in [1.807, 2.05) is 47.0 Å². The number of rotatable bonds is 4. The number of hydrogen-bond acceptors (Lipinski definition) is 4. The number of aromatic nitrogens is 5. The molecule has 0 aliphatic heterocycles. The first-order chi connectivity index (χ1) is 12.7. The third kappa shape index (κ3) is 3.52. The quantitative estimate of drug-likeness (QED) is 0.248. The van der Waals surface area contributed by atoms with Crippen LogP contribution in [0.5, 0.6) is 0 Å². The molecular weight excluding hydrogens is 524 g/mol. The SMILES string of the molecule is CCc1cccc(-c2nn(PI)cc2-c2ccc3ncc(Br)cc3n2)n1. The highest BCUT2D eigenvalue weighted by Crippen LogP contribution is 2.34. The molecule has 4 aromatic heterocycles. The van der Waals surface area contributed by atoms with Crippen LogP contribution >= 0.6 is 44.3 Å². The molecule has 0 spiro atoms. The van der Waals surface area contributed by atoms with Crippen molar-refractivity contribution in [3.8, 4) is 22.6 Å². The van der Waals surface area contributed by atoms with Gasteiger partial charge in [0.25, 0.3) is 0 Å². The maximum absolute atomic E-state index is 4.81. The smallest absolute Gasteiger partial charge is 0.120 e. The van der Waals surface area contributed by atoms with Crippen LogP contribution in [0.2, 0.25) is 0 Å². The van der Waals surface area contributed by atoms with E-state index >= 15 is 0 Å². The van der Waals surface area contributed by atoms with Crippen molar-refractivity contribution in [2.75, 3.05) is 0 Å². The Labute approximate surface area is 174 Å². The van der Waals surface area contributed by atoms with Gasteiger partial charge in [0, 0.05) is 28.1 Å². The van der Waals surface area contributed by atoms with Gasteiger partial charge in [0.05, 0.1) is 28.8 Å². The van der Waals surface area contributed by atoms with Crippen LogP contribution in [-0.4, -0.2) is 24.5 Å². The predicted molar refractivity (Wildman–Crippen MR) is 119 cm³/mol. The Bertz CT molecular complexity index is 1100. The van der Waals surface area contributed by atoms with Crippen LogP contribution in [0.15, 0.2) is 53.3 Å². The molecule has 4 rings (SSSR count). The van der Waals surface area contributed by atoms with E-state index in [2.05, 4.69) is 49.9 Å². The normalized spacial score (nSPS) is 11.7. The number of aryl methyl sites for hydroxylation is 1. The summed E-state index contributed by atoms with van der Waals surface area (Å²) in [7, 11) is 0. The molecule has 26 heavy (non-hydrogen) atoms. The van der Waals surface area contributed by atoms with Crippen LogP contribution < -0.4 is 0 Å². The zero-order chi connectivity index (χ0) is 18.1. The average molecular weight is 538 g/mol. The zero-order valence-electron chi connectivity index (χ0n) is 13.8. The number of fused-ring (bicyclic) bond motifs is 1. The van der Waals surface area contributed by atoms with Crippen molar-refractivity contribution in [1.82, 2.24) is 24.5 Å². The van der Waals surface area contributed by atoms with Crippen LogP contribution in [0, 0.1) is 0 Å². The molecular formula is C18H14BrIN5P. The van der Waals surface area contributed by atoms with E-state index in [-0.39, 0.29) is 0 Å². The summed E-state index contributed by atoms with van der Waals surface area (Å²) < 4.78 is 2.85. The first kappa shape index (κ1) is 17.9. The average Bonchev–Trinajstić information content (AvgIpc) is 3.12. The zero-order valence-corrected chi connectivity index (χ0v) is 18.6. The van der Waals surface area contributed by atoms with Gasteiger partial charge in [0.1, 0.15) is 5.69 Å². The summed E-state index contributed by atoms with van der Waals surface area (Å²) in [6.07, 6.45) is 5.23. The van der Waals surface area contributed by atoms with Gasteiger partial charge in [-0.3, -0.25) is 9.97 Å². The minimum atomic E-state index is 0.514. The van der Waals surface area contributed by atoms with Crippen molar-refractivity contribution in [3.05, 3.63) is 59.0 Å². The fourth-order valence-corrected chi connectivity index (χ4v) is 4.11. The molecule has 0 N–H and O–H groups in total. The van der Waals surface area contributed by atoms with E-state index < -0.39 is 0 Å². The fraction of sp³-hybridized carbons (Fsp3) is 0.111. The van der Waals surface area contributed by atoms with Crippen LogP contribution in [0.25, 0.3) is 33.7 Å². The van der Waals surface area contributed by atoms with Crippen LogP contribution in [-0.2, 0) is 6.42 Å². The van der Waals surface area contributed by atoms with E-state index in [9.17, 15) is 0 Å². The molecule has 1 atom stereocenters. The molecule has 0 saturated carbocycles. The summed E-state index contributed by atoms with van der Waals surface area (Å²) in [6.45, 7) is 2.10. The second-order valence-corrected chi connectivity index (χ2v) is 8.67. The molecule has 130 valence electrons. The maximum Gasteiger partial charge on any atom is 0.120 e. The van der Waals surface area contributed by atoms with Gasteiger partial charge in [-0.25, -0.2) is 9.44 Å². The van der Waals surface area contributed by atoms with Crippen molar-refractivity contribution in [3.63, 3.8) is 0 Å². The Morgan fingerprint density at radius 2 is 2.00 bits per heavy atom. The summed E-state index contributed by atoms with van der Waals surface area (Å²) in [4.78, 5) is 14.0. The molecule has 0 saturated heterocycles. The van der Waals surface area contributed by atoms with Crippen molar-refractivity contribution < 1.29 is 0 Å². The van der Waals surface area contributed by atoms with E-state index in [0.29, 0.717) is 6.37 Å². The highest BCUT2D eigenvalue weighted by Gasteiger charge is 2.16.